The first-order chi connectivity index (χ1) is 65.3. The number of amides is 8. The zero-order chi connectivity index (χ0) is 102. The van der Waals surface area contributed by atoms with Crippen molar-refractivity contribution in [2.24, 2.45) is 0 Å². The molecule has 16 rings (SSSR count). The van der Waals surface area contributed by atoms with E-state index < -0.39 is 140 Å². The molecular formula is C98H130F6N20O12S4. The fraction of sp³-hybridized carbons (Fsp3) is 0.592. The summed E-state index contributed by atoms with van der Waals surface area (Å²) in [6.07, 6.45) is 15.1. The summed E-state index contributed by atoms with van der Waals surface area (Å²) in [5, 5.41) is 64.3. The van der Waals surface area contributed by atoms with Crippen LogP contribution in [-0.4, -0.2) is 266 Å². The quantitative estimate of drug-likeness (QED) is 0.0224. The number of rotatable bonds is 26. The van der Waals surface area contributed by atoms with E-state index in [4.69, 9.17) is 0 Å². The molecule has 760 valence electrons. The molecule has 0 bridgehead atoms. The number of carbonyl (C=O) groups is 8. The topological polar surface area (TPSA) is 430 Å². The maximum Gasteiger partial charge on any atom is 0.280 e. The molecule has 32 nitrogen and oxygen atoms in total. The predicted molar refractivity (Wildman–Crippen MR) is 529 cm³/mol. The van der Waals surface area contributed by atoms with Crippen LogP contribution in [0.4, 0.5) is 49.6 Å². The molecule has 12 N–H and O–H groups in total. The third-order valence-corrected chi connectivity index (χ3v) is 31.4. The number of hydrogen-bond donors (Lipinski definition) is 12. The van der Waals surface area contributed by atoms with Gasteiger partial charge in [0.1, 0.15) is 46.0 Å². The van der Waals surface area contributed by atoms with Crippen LogP contribution < -0.4 is 42.5 Å². The number of carbonyl (C=O) groups excluding carboxylic acids is 8. The molecule has 6 atom stereocenters. The van der Waals surface area contributed by atoms with Crippen molar-refractivity contribution in [2.45, 2.75) is 347 Å². The molecule has 8 aromatic heterocycles. The van der Waals surface area contributed by atoms with Gasteiger partial charge in [0.05, 0.1) is 74.6 Å². The first-order valence-corrected chi connectivity index (χ1v) is 51.0. The number of nitrogens with zero attached hydrogens (tertiary/aromatic N) is 12. The van der Waals surface area contributed by atoms with Gasteiger partial charge in [0.2, 0.25) is 0 Å². The Kier molecular flexibility index (Phi) is 32.2. The number of aliphatic hydroxyl groups excluding tert-OH is 2. The molecule has 0 unspecified atom stereocenters. The normalized spacial score (nSPS) is 22.2. The van der Waals surface area contributed by atoms with Crippen molar-refractivity contribution >= 4 is 116 Å². The number of thiazole rings is 4. The Morgan fingerprint density at radius 1 is 0.414 bits per heavy atom. The zero-order valence-corrected chi connectivity index (χ0v) is 86.1. The molecule has 8 fully saturated rings. The molecule has 4 aliphatic carbocycles. The van der Waals surface area contributed by atoms with Gasteiger partial charge in [-0.05, 0) is 262 Å². The van der Waals surface area contributed by atoms with Crippen LogP contribution in [0.25, 0.3) is 41.8 Å². The molecule has 0 radical (unpaired) electrons. The van der Waals surface area contributed by atoms with Gasteiger partial charge in [-0.2, -0.15) is 0 Å². The summed E-state index contributed by atoms with van der Waals surface area (Å²) in [5.74, 6) is -9.96. The van der Waals surface area contributed by atoms with Crippen molar-refractivity contribution in [1.82, 2.24) is 80.7 Å². The molecule has 4 saturated heterocycles. The van der Waals surface area contributed by atoms with Crippen LogP contribution in [0.1, 0.15) is 311 Å². The average Bonchev–Trinajstić information content (AvgIpc) is 1.62. The van der Waals surface area contributed by atoms with Crippen molar-refractivity contribution < 1.29 is 85.1 Å². The summed E-state index contributed by atoms with van der Waals surface area (Å²) in [6.45, 7) is 35.0. The number of halogens is 6. The third-order valence-electron chi connectivity index (χ3n) is 27.1. The van der Waals surface area contributed by atoms with Crippen molar-refractivity contribution in [3.05, 3.63) is 114 Å². The minimum atomic E-state index is -2.98. The van der Waals surface area contributed by atoms with E-state index in [2.05, 4.69) is 96.3 Å². The summed E-state index contributed by atoms with van der Waals surface area (Å²) in [7, 11) is 0. The van der Waals surface area contributed by atoms with E-state index in [9.17, 15) is 85.1 Å². The maximum absolute atomic E-state index is 14.1. The lowest BCUT2D eigenvalue weighted by Crippen LogP contribution is -2.47. The van der Waals surface area contributed by atoms with Crippen molar-refractivity contribution in [3.8, 4) is 41.8 Å². The van der Waals surface area contributed by atoms with E-state index in [-0.39, 0.29) is 96.3 Å². The summed E-state index contributed by atoms with van der Waals surface area (Å²) >= 11 is 4.29. The van der Waals surface area contributed by atoms with Gasteiger partial charge in [0, 0.05) is 132 Å². The van der Waals surface area contributed by atoms with Gasteiger partial charge in [0.15, 0.2) is 20.0 Å². The SMILES string of the molecule is Cc1cc(NC(C)C)ncc1-c1sc(C(=O)NC2CC(O)C2)nc1C(=O)N1CC(F)(F)C[C@@H]1C.Cc1cc(NC(C)C)ncc1-c1sc(C(=O)NC2CC(O)C2)nc1C(=O)N1CCC[C@@H]1C.Cc1cc(NC2(C)CCC2)ncc1-c1sc(C(=O)N[C@@H](C)C(C)(C)O)nc1C(=O)N1CC(F)(F)C[C@@H]1C.Cc1cc(NC2(C)CCC2)ncc1-c1sc(C(=O)N[C@H](C)C(C)(C)O)nc1C(=O)N1CC(F)(F)C[C@@H]1C. The first-order valence-electron chi connectivity index (χ1n) is 47.8. The largest absolute Gasteiger partial charge is 0.393 e. The Bertz CT molecular complexity index is 5750. The smallest absolute Gasteiger partial charge is 0.280 e. The number of nitrogens with one attached hydrogen (secondary N) is 8. The number of anilines is 4. The van der Waals surface area contributed by atoms with Gasteiger partial charge < -0.3 is 82.6 Å². The number of hydrogen-bond acceptors (Lipinski definition) is 28. The second-order valence-electron chi connectivity index (χ2n) is 41.3. The van der Waals surface area contributed by atoms with Gasteiger partial charge in [0.25, 0.3) is 65.0 Å². The average molecular weight is 2020 g/mol. The second-order valence-corrected chi connectivity index (χ2v) is 45.3. The molecule has 140 heavy (non-hydrogen) atoms. The number of likely N-dealkylation sites (tertiary alicyclic amines) is 4. The Hall–Kier alpha value is -10.5. The second kappa shape index (κ2) is 42.2. The number of aryl methyl sites for hydroxylation is 4. The van der Waals surface area contributed by atoms with Gasteiger partial charge in [-0.25, -0.2) is 66.2 Å². The van der Waals surface area contributed by atoms with Crippen LogP contribution in [0.2, 0.25) is 0 Å². The van der Waals surface area contributed by atoms with Crippen LogP contribution in [0.5, 0.6) is 0 Å². The van der Waals surface area contributed by atoms with Crippen LogP contribution in [-0.2, 0) is 0 Å². The van der Waals surface area contributed by atoms with Gasteiger partial charge in [-0.3, -0.25) is 38.4 Å². The van der Waals surface area contributed by atoms with Crippen LogP contribution in [0, 0.1) is 27.7 Å². The van der Waals surface area contributed by atoms with Gasteiger partial charge in [-0.15, -0.1) is 45.3 Å². The fourth-order valence-corrected chi connectivity index (χ4v) is 21.9. The monoisotopic (exact) mass is 2020 g/mol. The number of aromatic nitrogens is 8. The Morgan fingerprint density at radius 3 is 0.914 bits per heavy atom. The van der Waals surface area contributed by atoms with E-state index in [0.717, 1.165) is 134 Å². The summed E-state index contributed by atoms with van der Waals surface area (Å²) in [5.41, 5.74) is 3.90. The highest BCUT2D eigenvalue weighted by Gasteiger charge is 2.51. The van der Waals surface area contributed by atoms with Gasteiger partial charge in [-0.1, -0.05) is 0 Å². The Labute approximate surface area is 827 Å². The van der Waals surface area contributed by atoms with E-state index in [1.54, 1.807) is 87.1 Å². The van der Waals surface area contributed by atoms with Crippen molar-refractivity contribution in [3.63, 3.8) is 0 Å². The van der Waals surface area contributed by atoms with Crippen LogP contribution >= 0.6 is 45.3 Å². The minimum absolute atomic E-state index is 0.00608. The molecule has 8 aromatic rings. The molecule has 4 aliphatic heterocycles. The third kappa shape index (κ3) is 25.4. The molecule has 0 aromatic carbocycles. The molecule has 8 aliphatic rings. The molecule has 0 spiro atoms. The Balaban J connectivity index is 0.000000157. The highest BCUT2D eigenvalue weighted by Crippen LogP contribution is 2.46. The standard InChI is InChI=1S/2C26H35F2N5O3S.C23H29F2N5O3S.C23H31N5O3S/c2*1-14-10-18(32-25(6)8-7-9-25)29-12-17(14)20-19(23(35)33-13-26(27,28)11-15(33)2)31-22(37-20)21(34)30-16(3)24(4,5)36;1-11(2)27-17-5-12(3)16(9-26-17)19-18(22(33)30-10-23(24,25)8-13(30)4)29-21(34-19)20(32)28-14-6-15(31)7-14;1-12(2)25-18-8-13(3)17(11-24-18)20-19(23(31)28-7-5-6-14(28)4)27-22(32-20)21(30)26-15-9-16(29)10-15/h2*10,12,15-16,36H,7-9,11,13H2,1-6H3,(H,29,32)(H,30,34);5,9,11,13-15,31H,6-8,10H2,1-4H3,(H,26,27)(H,28,32);8,11-12,14-16,29H,5-7,9-10H2,1-4H3,(H,24,25)(H,26,30)/t15-,16+;15-,16-;13-,14?,15?;14-,15?,16?/m0000/s1. The van der Waals surface area contributed by atoms with Gasteiger partial charge >= 0.3 is 0 Å². The molecule has 42 heteroatoms. The predicted octanol–water partition coefficient (Wildman–Crippen LogP) is 15.9. The number of aliphatic hydroxyl groups is 4. The lowest BCUT2D eigenvalue weighted by molar-refractivity contribution is 0.0115. The molecule has 8 amide bonds. The molecular weight excluding hydrogens is 1890 g/mol. The molecule has 12 heterocycles. The highest BCUT2D eigenvalue weighted by atomic mass is 32.1. The number of pyridine rings is 4. The van der Waals surface area contributed by atoms with E-state index in [1.165, 1.54) is 11.3 Å². The fourth-order valence-electron chi connectivity index (χ4n) is 17.7. The zero-order valence-electron chi connectivity index (χ0n) is 82.8. The summed E-state index contributed by atoms with van der Waals surface area (Å²) in [4.78, 5) is 148. The highest BCUT2D eigenvalue weighted by molar-refractivity contribution is 7.18. The number of alkyl halides is 6. The van der Waals surface area contributed by atoms with Crippen molar-refractivity contribution in [1.29, 1.82) is 0 Å². The molecule has 4 saturated carbocycles. The van der Waals surface area contributed by atoms with E-state index in [0.29, 0.717) is 91.6 Å². The summed E-state index contributed by atoms with van der Waals surface area (Å²) < 4.78 is 84.4. The minimum Gasteiger partial charge on any atom is -0.393 e. The van der Waals surface area contributed by atoms with Crippen LogP contribution in [0.15, 0.2) is 49.1 Å². The van der Waals surface area contributed by atoms with E-state index in [1.807, 2.05) is 91.5 Å². The maximum atomic E-state index is 14.1. The lowest BCUT2D eigenvalue weighted by atomic mass is 9.78. The summed E-state index contributed by atoms with van der Waals surface area (Å²) in [6, 6.07) is 4.78. The lowest BCUT2D eigenvalue weighted by Gasteiger charge is -2.39. The van der Waals surface area contributed by atoms with Crippen LogP contribution in [0.3, 0.4) is 0 Å². The first kappa shape index (κ1) is 107. The van der Waals surface area contributed by atoms with Crippen molar-refractivity contribution in [2.75, 3.05) is 47.4 Å². The van der Waals surface area contributed by atoms with E-state index >= 15 is 0 Å². The Morgan fingerprint density at radius 2 is 0.686 bits per heavy atom.